The van der Waals surface area contributed by atoms with Crippen LogP contribution in [0.4, 0.5) is 0 Å². The van der Waals surface area contributed by atoms with Crippen LogP contribution in [0.25, 0.3) is 0 Å². The average molecular weight is 170 g/mol. The second kappa shape index (κ2) is 3.03. The molecule has 0 aromatic heterocycles. The molecule has 2 saturated heterocycles. The third-order valence-electron chi connectivity index (χ3n) is 2.37. The van der Waals surface area contributed by atoms with Crippen molar-refractivity contribution in [2.45, 2.75) is 31.9 Å². The van der Waals surface area contributed by atoms with Gasteiger partial charge in [-0.05, 0) is 19.9 Å². The maximum atomic E-state index is 11.3. The van der Waals surface area contributed by atoms with Crippen molar-refractivity contribution in [3.63, 3.8) is 0 Å². The predicted octanol–water partition coefficient (Wildman–Crippen LogP) is -0.0993. The van der Waals surface area contributed by atoms with E-state index in [1.807, 2.05) is 6.92 Å². The van der Waals surface area contributed by atoms with Gasteiger partial charge in [0.15, 0.2) is 0 Å². The Morgan fingerprint density at radius 2 is 2.50 bits per heavy atom. The number of rotatable bonds is 1. The number of nitrogens with one attached hydrogen (secondary N) is 1. The van der Waals surface area contributed by atoms with E-state index in [9.17, 15) is 4.79 Å². The van der Waals surface area contributed by atoms with Gasteiger partial charge < -0.3 is 5.32 Å². The highest BCUT2D eigenvalue weighted by molar-refractivity contribution is 5.77. The first-order valence-electron chi connectivity index (χ1n) is 4.47. The molecule has 12 heavy (non-hydrogen) atoms. The second-order valence-corrected chi connectivity index (χ2v) is 3.49. The van der Waals surface area contributed by atoms with Crippen LogP contribution in [0.15, 0.2) is 0 Å². The quantitative estimate of drug-likeness (QED) is 0.597. The predicted molar refractivity (Wildman–Crippen MR) is 43.3 cm³/mol. The lowest BCUT2D eigenvalue weighted by molar-refractivity contribution is -0.183. The van der Waals surface area contributed by atoms with E-state index < -0.39 is 0 Å². The van der Waals surface area contributed by atoms with Crippen molar-refractivity contribution in [2.24, 2.45) is 0 Å². The van der Waals surface area contributed by atoms with Gasteiger partial charge in [0.1, 0.15) is 0 Å². The molecule has 1 N–H and O–H groups in total. The summed E-state index contributed by atoms with van der Waals surface area (Å²) in [6.45, 7) is 3.80. The first-order chi connectivity index (χ1) is 5.77. The Morgan fingerprint density at radius 1 is 1.67 bits per heavy atom. The van der Waals surface area contributed by atoms with Crippen molar-refractivity contribution < 1.29 is 9.63 Å². The van der Waals surface area contributed by atoms with Crippen molar-refractivity contribution in [1.29, 1.82) is 0 Å². The smallest absolute Gasteiger partial charge is 0.249 e. The van der Waals surface area contributed by atoms with E-state index in [4.69, 9.17) is 4.84 Å². The third-order valence-corrected chi connectivity index (χ3v) is 2.37. The van der Waals surface area contributed by atoms with Crippen LogP contribution < -0.4 is 5.32 Å². The summed E-state index contributed by atoms with van der Waals surface area (Å²) in [6.07, 6.45) is 1.62. The maximum absolute atomic E-state index is 11.3. The second-order valence-electron chi connectivity index (χ2n) is 3.49. The molecule has 2 atom stereocenters. The van der Waals surface area contributed by atoms with Crippen LogP contribution in [0, 0.1) is 0 Å². The van der Waals surface area contributed by atoms with E-state index in [0.29, 0.717) is 6.42 Å². The van der Waals surface area contributed by atoms with Gasteiger partial charge in [-0.2, -0.15) is 0 Å². The van der Waals surface area contributed by atoms with Crippen molar-refractivity contribution in [3.05, 3.63) is 0 Å². The molecule has 0 aromatic carbocycles. The minimum Gasteiger partial charge on any atom is -0.315 e. The molecule has 0 aromatic rings. The normalized spacial score (nSPS) is 36.4. The first-order valence-corrected chi connectivity index (χ1v) is 4.47. The topological polar surface area (TPSA) is 41.6 Å². The van der Waals surface area contributed by atoms with Crippen LogP contribution in [0.1, 0.15) is 19.8 Å². The molecule has 0 spiro atoms. The summed E-state index contributed by atoms with van der Waals surface area (Å²) in [7, 11) is 0. The molecule has 4 heteroatoms. The Hall–Kier alpha value is -0.610. The molecular formula is C8H14N2O2. The lowest BCUT2D eigenvalue weighted by atomic mass is 10.2. The van der Waals surface area contributed by atoms with Gasteiger partial charge >= 0.3 is 0 Å². The lowest BCUT2D eigenvalue weighted by Crippen LogP contribution is -2.36. The Bertz CT molecular complexity index is 189. The van der Waals surface area contributed by atoms with Gasteiger partial charge in [-0.1, -0.05) is 0 Å². The van der Waals surface area contributed by atoms with E-state index in [0.717, 1.165) is 19.5 Å². The molecule has 2 heterocycles. The first kappa shape index (κ1) is 8.01. The summed E-state index contributed by atoms with van der Waals surface area (Å²) >= 11 is 0. The number of nitrogens with zero attached hydrogens (tertiary/aromatic N) is 1. The minimum atomic E-state index is 0.0677. The number of hydrogen-bond donors (Lipinski definition) is 1. The van der Waals surface area contributed by atoms with Gasteiger partial charge in [0.05, 0.1) is 18.6 Å². The highest BCUT2D eigenvalue weighted by Gasteiger charge is 2.34. The third kappa shape index (κ3) is 1.32. The number of amides is 1. The van der Waals surface area contributed by atoms with Crippen LogP contribution >= 0.6 is 0 Å². The molecule has 0 aliphatic carbocycles. The summed E-state index contributed by atoms with van der Waals surface area (Å²) < 4.78 is 0. The summed E-state index contributed by atoms with van der Waals surface area (Å²) in [5.41, 5.74) is 0. The molecule has 0 saturated carbocycles. The van der Waals surface area contributed by atoms with E-state index >= 15 is 0 Å². The molecule has 2 unspecified atom stereocenters. The van der Waals surface area contributed by atoms with Gasteiger partial charge in [-0.25, -0.2) is 5.06 Å². The standard InChI is InChI=1S/C8H14N2O2/c1-6-4-8(11)10(12-6)7-2-3-9-5-7/h6-7,9H,2-5H2,1H3. The Kier molecular flexibility index (Phi) is 2.02. The van der Waals surface area contributed by atoms with E-state index in [-0.39, 0.29) is 18.1 Å². The van der Waals surface area contributed by atoms with Gasteiger partial charge in [0, 0.05) is 6.54 Å². The van der Waals surface area contributed by atoms with Crippen LogP contribution in [0.2, 0.25) is 0 Å². The zero-order chi connectivity index (χ0) is 8.55. The number of hydrogen-bond acceptors (Lipinski definition) is 3. The lowest BCUT2D eigenvalue weighted by Gasteiger charge is -2.21. The van der Waals surface area contributed by atoms with Crippen molar-refractivity contribution in [1.82, 2.24) is 10.4 Å². The fraction of sp³-hybridized carbons (Fsp3) is 0.875. The highest BCUT2D eigenvalue weighted by atomic mass is 16.7. The maximum Gasteiger partial charge on any atom is 0.249 e. The molecule has 2 fully saturated rings. The molecular weight excluding hydrogens is 156 g/mol. The largest absolute Gasteiger partial charge is 0.315 e. The molecule has 1 amide bonds. The van der Waals surface area contributed by atoms with E-state index in [1.54, 1.807) is 5.06 Å². The zero-order valence-electron chi connectivity index (χ0n) is 7.25. The molecule has 2 rings (SSSR count). The zero-order valence-corrected chi connectivity index (χ0v) is 7.25. The van der Waals surface area contributed by atoms with Gasteiger partial charge in [0.25, 0.3) is 0 Å². The van der Waals surface area contributed by atoms with Gasteiger partial charge in [-0.15, -0.1) is 0 Å². The molecule has 2 aliphatic rings. The van der Waals surface area contributed by atoms with Crippen LogP contribution in [-0.2, 0) is 9.63 Å². The Balaban J connectivity index is 1.98. The van der Waals surface area contributed by atoms with Gasteiger partial charge in [-0.3, -0.25) is 9.63 Å². The summed E-state index contributed by atoms with van der Waals surface area (Å²) in [5, 5.41) is 4.77. The minimum absolute atomic E-state index is 0.0677. The molecule has 0 radical (unpaired) electrons. The van der Waals surface area contributed by atoms with E-state index in [2.05, 4.69) is 5.32 Å². The van der Waals surface area contributed by atoms with E-state index in [1.165, 1.54) is 0 Å². The number of carbonyl (C=O) groups excluding carboxylic acids is 1. The fourth-order valence-electron chi connectivity index (χ4n) is 1.76. The Labute approximate surface area is 71.8 Å². The monoisotopic (exact) mass is 170 g/mol. The number of hydroxylamine groups is 2. The van der Waals surface area contributed by atoms with Crippen LogP contribution in [0.3, 0.4) is 0 Å². The summed E-state index contributed by atoms with van der Waals surface area (Å²) in [6, 6.07) is 0.266. The average Bonchev–Trinajstić information content (AvgIpc) is 2.58. The molecule has 4 nitrogen and oxygen atoms in total. The van der Waals surface area contributed by atoms with Crippen molar-refractivity contribution >= 4 is 5.91 Å². The Morgan fingerprint density at radius 3 is 3.00 bits per heavy atom. The highest BCUT2D eigenvalue weighted by Crippen LogP contribution is 2.20. The SMILES string of the molecule is CC1CC(=O)N(C2CCNC2)O1. The summed E-state index contributed by atoms with van der Waals surface area (Å²) in [5.74, 6) is 0.135. The summed E-state index contributed by atoms with van der Waals surface area (Å²) in [4.78, 5) is 16.7. The molecule has 2 aliphatic heterocycles. The van der Waals surface area contributed by atoms with Crippen LogP contribution in [-0.4, -0.2) is 36.2 Å². The van der Waals surface area contributed by atoms with Gasteiger partial charge in [0.2, 0.25) is 5.91 Å². The fourth-order valence-corrected chi connectivity index (χ4v) is 1.76. The molecule has 68 valence electrons. The van der Waals surface area contributed by atoms with Crippen molar-refractivity contribution in [3.8, 4) is 0 Å². The van der Waals surface area contributed by atoms with Crippen molar-refractivity contribution in [2.75, 3.05) is 13.1 Å². The number of carbonyl (C=O) groups is 1. The van der Waals surface area contributed by atoms with Crippen LogP contribution in [0.5, 0.6) is 0 Å². The molecule has 0 bridgehead atoms.